The molecule has 0 aromatic rings. The van der Waals surface area contributed by atoms with Gasteiger partial charge in [-0.25, -0.2) is 0 Å². The molecule has 0 radical (unpaired) electrons. The molecule has 0 aromatic heterocycles. The smallest absolute Gasteiger partial charge is 0.0587 e. The van der Waals surface area contributed by atoms with Gasteiger partial charge in [-0.3, -0.25) is 0 Å². The molecule has 0 amide bonds. The van der Waals surface area contributed by atoms with Crippen molar-refractivity contribution < 1.29 is 4.74 Å². The van der Waals surface area contributed by atoms with Crippen molar-refractivity contribution in [1.29, 1.82) is 0 Å². The zero-order valence-electron chi connectivity index (χ0n) is 12.1. The summed E-state index contributed by atoms with van der Waals surface area (Å²) in [7, 11) is 1.74. The van der Waals surface area contributed by atoms with Gasteiger partial charge in [0.2, 0.25) is 0 Å². The van der Waals surface area contributed by atoms with Crippen LogP contribution in [0.25, 0.3) is 0 Å². The van der Waals surface area contributed by atoms with Crippen molar-refractivity contribution in [3.63, 3.8) is 0 Å². The first-order valence-electron chi connectivity index (χ1n) is 7.25. The zero-order valence-corrected chi connectivity index (χ0v) is 12.1. The fourth-order valence-electron chi connectivity index (χ4n) is 1.89. The standard InChI is InChI=1S/C14H32N2O/c1-4-6-8-14(5-2)13-16-10-7-9-15-11-12-17-3/h14-16H,4-13H2,1-3H3. The first kappa shape index (κ1) is 16.9. The summed E-state index contributed by atoms with van der Waals surface area (Å²) in [5.74, 6) is 0.872. The summed E-state index contributed by atoms with van der Waals surface area (Å²) < 4.78 is 4.97. The Morgan fingerprint density at radius 2 is 1.76 bits per heavy atom. The molecule has 3 heteroatoms. The number of unbranched alkanes of at least 4 members (excludes halogenated alkanes) is 1. The van der Waals surface area contributed by atoms with Crippen LogP contribution in [0.4, 0.5) is 0 Å². The van der Waals surface area contributed by atoms with Gasteiger partial charge in [0.15, 0.2) is 0 Å². The summed E-state index contributed by atoms with van der Waals surface area (Å²) >= 11 is 0. The molecular weight excluding hydrogens is 212 g/mol. The Kier molecular flexibility index (Phi) is 13.8. The largest absolute Gasteiger partial charge is 0.383 e. The second-order valence-corrected chi connectivity index (χ2v) is 4.72. The second kappa shape index (κ2) is 13.9. The normalized spacial score (nSPS) is 12.9. The summed E-state index contributed by atoms with van der Waals surface area (Å²) in [5, 5.41) is 6.92. The van der Waals surface area contributed by atoms with Gasteiger partial charge in [-0.05, 0) is 38.4 Å². The van der Waals surface area contributed by atoms with Crippen LogP contribution in [0.2, 0.25) is 0 Å². The number of ether oxygens (including phenoxy) is 1. The van der Waals surface area contributed by atoms with Crippen LogP contribution in [0.5, 0.6) is 0 Å². The van der Waals surface area contributed by atoms with E-state index in [9.17, 15) is 0 Å². The Hall–Kier alpha value is -0.120. The maximum Gasteiger partial charge on any atom is 0.0587 e. The molecule has 0 rings (SSSR count). The van der Waals surface area contributed by atoms with Crippen LogP contribution < -0.4 is 10.6 Å². The van der Waals surface area contributed by atoms with Crippen molar-refractivity contribution in [2.75, 3.05) is 39.9 Å². The molecule has 0 aliphatic rings. The van der Waals surface area contributed by atoms with E-state index in [2.05, 4.69) is 24.5 Å². The Balaban J connectivity index is 3.19. The molecular formula is C14H32N2O. The highest BCUT2D eigenvalue weighted by atomic mass is 16.5. The lowest BCUT2D eigenvalue weighted by molar-refractivity contribution is 0.199. The molecule has 0 saturated heterocycles. The predicted octanol–water partition coefficient (Wildman–Crippen LogP) is 2.42. The third-order valence-corrected chi connectivity index (χ3v) is 3.17. The number of rotatable bonds is 13. The van der Waals surface area contributed by atoms with Crippen molar-refractivity contribution >= 4 is 0 Å². The summed E-state index contributed by atoms with van der Waals surface area (Å²) in [4.78, 5) is 0. The molecule has 17 heavy (non-hydrogen) atoms. The molecule has 1 atom stereocenters. The minimum absolute atomic E-state index is 0.808. The van der Waals surface area contributed by atoms with Crippen molar-refractivity contribution in [3.05, 3.63) is 0 Å². The van der Waals surface area contributed by atoms with Crippen LogP contribution in [0.1, 0.15) is 46.0 Å². The van der Waals surface area contributed by atoms with Crippen LogP contribution in [0.15, 0.2) is 0 Å². The number of nitrogens with one attached hydrogen (secondary N) is 2. The minimum Gasteiger partial charge on any atom is -0.383 e. The Bertz CT molecular complexity index is 142. The minimum atomic E-state index is 0.808. The maximum absolute atomic E-state index is 4.97. The summed E-state index contributed by atoms with van der Waals surface area (Å²) in [6, 6.07) is 0. The van der Waals surface area contributed by atoms with Gasteiger partial charge in [0.25, 0.3) is 0 Å². The highest BCUT2D eigenvalue weighted by Crippen LogP contribution is 2.10. The van der Waals surface area contributed by atoms with Crippen molar-refractivity contribution in [2.24, 2.45) is 5.92 Å². The van der Waals surface area contributed by atoms with Crippen LogP contribution in [-0.4, -0.2) is 39.9 Å². The van der Waals surface area contributed by atoms with Gasteiger partial charge >= 0.3 is 0 Å². The predicted molar refractivity (Wildman–Crippen MR) is 75.5 cm³/mol. The van der Waals surface area contributed by atoms with Gasteiger partial charge in [-0.2, -0.15) is 0 Å². The van der Waals surface area contributed by atoms with Crippen molar-refractivity contribution in [2.45, 2.75) is 46.0 Å². The first-order valence-corrected chi connectivity index (χ1v) is 7.25. The van der Waals surface area contributed by atoms with E-state index in [0.29, 0.717) is 0 Å². The highest BCUT2D eigenvalue weighted by molar-refractivity contribution is 4.61. The van der Waals surface area contributed by atoms with Gasteiger partial charge in [-0.1, -0.05) is 33.1 Å². The lowest BCUT2D eigenvalue weighted by Crippen LogP contribution is -2.27. The van der Waals surface area contributed by atoms with E-state index in [4.69, 9.17) is 4.74 Å². The van der Waals surface area contributed by atoms with E-state index in [1.807, 2.05) is 0 Å². The Morgan fingerprint density at radius 1 is 1.00 bits per heavy atom. The number of hydrogen-bond acceptors (Lipinski definition) is 3. The van der Waals surface area contributed by atoms with Crippen LogP contribution in [0.3, 0.4) is 0 Å². The van der Waals surface area contributed by atoms with Crippen LogP contribution in [0, 0.1) is 5.92 Å². The van der Waals surface area contributed by atoms with Crippen molar-refractivity contribution in [3.8, 4) is 0 Å². The Morgan fingerprint density at radius 3 is 2.41 bits per heavy atom. The number of methoxy groups -OCH3 is 1. The van der Waals surface area contributed by atoms with Gasteiger partial charge in [-0.15, -0.1) is 0 Å². The van der Waals surface area contributed by atoms with Crippen LogP contribution >= 0.6 is 0 Å². The molecule has 0 aromatic carbocycles. The van der Waals surface area contributed by atoms with E-state index in [1.165, 1.54) is 38.6 Å². The lowest BCUT2D eigenvalue weighted by atomic mass is 9.99. The van der Waals surface area contributed by atoms with Gasteiger partial charge in [0.1, 0.15) is 0 Å². The summed E-state index contributed by atoms with van der Waals surface area (Å²) in [5.41, 5.74) is 0. The van der Waals surface area contributed by atoms with Gasteiger partial charge < -0.3 is 15.4 Å². The fraction of sp³-hybridized carbons (Fsp3) is 1.00. The third-order valence-electron chi connectivity index (χ3n) is 3.17. The van der Waals surface area contributed by atoms with Crippen molar-refractivity contribution in [1.82, 2.24) is 10.6 Å². The average molecular weight is 244 g/mol. The SMILES string of the molecule is CCCCC(CC)CNCCCNCCOC. The molecule has 0 aliphatic heterocycles. The molecule has 2 N–H and O–H groups in total. The topological polar surface area (TPSA) is 33.3 Å². The molecule has 0 spiro atoms. The van der Waals surface area contributed by atoms with E-state index < -0.39 is 0 Å². The quantitative estimate of drug-likeness (QED) is 0.488. The molecule has 1 unspecified atom stereocenters. The average Bonchev–Trinajstić information content (AvgIpc) is 2.36. The van der Waals surface area contributed by atoms with E-state index in [-0.39, 0.29) is 0 Å². The summed E-state index contributed by atoms with van der Waals surface area (Å²) in [6.07, 6.45) is 6.58. The third kappa shape index (κ3) is 12.1. The molecule has 0 aliphatic carbocycles. The molecule has 0 fully saturated rings. The molecule has 104 valence electrons. The van der Waals surface area contributed by atoms with Crippen LogP contribution in [-0.2, 0) is 4.74 Å². The van der Waals surface area contributed by atoms with E-state index in [1.54, 1.807) is 7.11 Å². The summed E-state index contributed by atoms with van der Waals surface area (Å²) in [6.45, 7) is 9.74. The van der Waals surface area contributed by atoms with Gasteiger partial charge in [0, 0.05) is 13.7 Å². The highest BCUT2D eigenvalue weighted by Gasteiger charge is 2.04. The number of hydrogen-bond donors (Lipinski definition) is 2. The molecule has 0 heterocycles. The van der Waals surface area contributed by atoms with E-state index >= 15 is 0 Å². The Labute approximate surface area is 108 Å². The monoisotopic (exact) mass is 244 g/mol. The van der Waals surface area contributed by atoms with E-state index in [0.717, 1.165) is 32.2 Å². The van der Waals surface area contributed by atoms with Gasteiger partial charge in [0.05, 0.1) is 6.61 Å². The molecule has 0 bridgehead atoms. The lowest BCUT2D eigenvalue weighted by Gasteiger charge is -2.15. The molecule has 0 saturated carbocycles. The maximum atomic E-state index is 4.97. The molecule has 3 nitrogen and oxygen atoms in total. The first-order chi connectivity index (χ1) is 8.35. The second-order valence-electron chi connectivity index (χ2n) is 4.72. The fourth-order valence-corrected chi connectivity index (χ4v) is 1.89. The zero-order chi connectivity index (χ0) is 12.8.